The predicted octanol–water partition coefficient (Wildman–Crippen LogP) is 4.79. The van der Waals surface area contributed by atoms with Gasteiger partial charge in [-0.15, -0.1) is 0 Å². The van der Waals surface area contributed by atoms with Crippen molar-refractivity contribution < 1.29 is 27.5 Å². The molecule has 0 heterocycles. The first kappa shape index (κ1) is 32.9. The number of anilines is 1. The third-order valence-corrected chi connectivity index (χ3v) is 8.31. The van der Waals surface area contributed by atoms with Gasteiger partial charge in [0, 0.05) is 30.0 Å². The molecule has 0 aromatic heterocycles. The number of unbranched alkanes of at least 4 members (excludes halogenated alkanes) is 1. The molecule has 0 fully saturated rings. The third kappa shape index (κ3) is 9.22. The first-order valence-electron chi connectivity index (χ1n) is 13.6. The topological polar surface area (TPSA) is 105 Å². The minimum absolute atomic E-state index is 0.0977. The Morgan fingerprint density at radius 2 is 1.62 bits per heavy atom. The number of carbonyl (C=O) groups excluding carboxylic acids is 2. The van der Waals surface area contributed by atoms with E-state index in [2.05, 4.69) is 21.2 Å². The number of rotatable bonds is 15. The van der Waals surface area contributed by atoms with Crippen molar-refractivity contribution in [2.75, 3.05) is 37.9 Å². The van der Waals surface area contributed by atoms with Crippen molar-refractivity contribution in [3.05, 3.63) is 88.4 Å². The predicted molar refractivity (Wildman–Crippen MR) is 168 cm³/mol. The van der Waals surface area contributed by atoms with E-state index in [-0.39, 0.29) is 24.6 Å². The second kappa shape index (κ2) is 15.6. The van der Waals surface area contributed by atoms with E-state index < -0.39 is 28.5 Å². The van der Waals surface area contributed by atoms with E-state index >= 15 is 0 Å². The van der Waals surface area contributed by atoms with Gasteiger partial charge < -0.3 is 19.7 Å². The van der Waals surface area contributed by atoms with Crippen LogP contribution in [0.5, 0.6) is 11.5 Å². The molecule has 42 heavy (non-hydrogen) atoms. The standard InChI is InChI=1S/C31H38BrN3O6S/c1-5-6-17-33-31(37)27(19-23-11-8-7-9-12-23)34(21-24-13-10-14-25(32)18-24)30(36)22-35(42(4,38)39)26-15-16-28(40-2)29(20-26)41-3/h7-16,18,20,27H,5-6,17,19,21-22H2,1-4H3,(H,33,37)/t27-/m1/s1. The lowest BCUT2D eigenvalue weighted by Gasteiger charge is -2.33. The number of carbonyl (C=O) groups is 2. The highest BCUT2D eigenvalue weighted by molar-refractivity contribution is 9.10. The minimum atomic E-state index is -3.91. The average molecular weight is 661 g/mol. The van der Waals surface area contributed by atoms with Gasteiger partial charge in [0.1, 0.15) is 12.6 Å². The van der Waals surface area contributed by atoms with Gasteiger partial charge in [0.25, 0.3) is 0 Å². The fraction of sp³-hybridized carbons (Fsp3) is 0.355. The Balaban J connectivity index is 2.06. The van der Waals surface area contributed by atoms with Crippen molar-refractivity contribution in [3.8, 4) is 11.5 Å². The summed E-state index contributed by atoms with van der Waals surface area (Å²) in [5.74, 6) is -0.0854. The molecule has 2 amide bonds. The molecule has 0 aliphatic carbocycles. The van der Waals surface area contributed by atoms with Crippen molar-refractivity contribution in [1.29, 1.82) is 0 Å². The van der Waals surface area contributed by atoms with Crippen LogP contribution >= 0.6 is 15.9 Å². The number of halogens is 1. The van der Waals surface area contributed by atoms with Crippen LogP contribution in [0.2, 0.25) is 0 Å². The van der Waals surface area contributed by atoms with Crippen LogP contribution in [0.4, 0.5) is 5.69 Å². The van der Waals surface area contributed by atoms with Crippen LogP contribution in [0.25, 0.3) is 0 Å². The van der Waals surface area contributed by atoms with Gasteiger partial charge in [-0.1, -0.05) is 71.7 Å². The molecule has 11 heteroatoms. The fourth-order valence-corrected chi connectivity index (χ4v) is 5.77. The number of nitrogens with zero attached hydrogens (tertiary/aromatic N) is 2. The highest BCUT2D eigenvalue weighted by atomic mass is 79.9. The van der Waals surface area contributed by atoms with Crippen molar-refractivity contribution in [2.24, 2.45) is 0 Å². The summed E-state index contributed by atoms with van der Waals surface area (Å²) in [5, 5.41) is 2.98. The van der Waals surface area contributed by atoms with Crippen molar-refractivity contribution in [1.82, 2.24) is 10.2 Å². The maximum absolute atomic E-state index is 14.2. The molecular formula is C31H38BrN3O6S. The molecule has 1 atom stereocenters. The maximum atomic E-state index is 14.2. The summed E-state index contributed by atoms with van der Waals surface area (Å²) >= 11 is 3.48. The zero-order chi connectivity index (χ0) is 30.7. The molecule has 0 aliphatic rings. The lowest BCUT2D eigenvalue weighted by molar-refractivity contribution is -0.140. The van der Waals surface area contributed by atoms with Crippen molar-refractivity contribution in [3.63, 3.8) is 0 Å². The average Bonchev–Trinajstić information content (AvgIpc) is 2.97. The second-order valence-electron chi connectivity index (χ2n) is 9.81. The molecule has 226 valence electrons. The zero-order valence-electron chi connectivity index (χ0n) is 24.4. The first-order chi connectivity index (χ1) is 20.1. The molecule has 0 saturated carbocycles. The van der Waals surface area contributed by atoms with Crippen LogP contribution in [-0.2, 0) is 32.6 Å². The SMILES string of the molecule is CCCCNC(=O)[C@@H](Cc1ccccc1)N(Cc1cccc(Br)c1)C(=O)CN(c1ccc(OC)c(OC)c1)S(C)(=O)=O. The van der Waals surface area contributed by atoms with E-state index in [1.54, 1.807) is 12.1 Å². The van der Waals surface area contributed by atoms with Crippen molar-refractivity contribution in [2.45, 2.75) is 38.8 Å². The summed E-state index contributed by atoms with van der Waals surface area (Å²) < 4.78 is 38.5. The van der Waals surface area contributed by atoms with Crippen LogP contribution in [0.15, 0.2) is 77.3 Å². The summed E-state index contributed by atoms with van der Waals surface area (Å²) in [7, 11) is -0.985. The molecule has 0 unspecified atom stereocenters. The molecule has 0 radical (unpaired) electrons. The molecule has 0 saturated heterocycles. The van der Waals surface area contributed by atoms with E-state index in [4.69, 9.17) is 9.47 Å². The third-order valence-electron chi connectivity index (χ3n) is 6.68. The normalized spacial score (nSPS) is 11.8. The zero-order valence-corrected chi connectivity index (χ0v) is 26.8. The molecule has 3 rings (SSSR count). The smallest absolute Gasteiger partial charge is 0.244 e. The van der Waals surface area contributed by atoms with E-state index in [1.807, 2.05) is 61.5 Å². The Bertz CT molecular complexity index is 1450. The van der Waals surface area contributed by atoms with Gasteiger partial charge in [0.05, 0.1) is 26.2 Å². The molecule has 9 nitrogen and oxygen atoms in total. The summed E-state index contributed by atoms with van der Waals surface area (Å²) in [6.07, 6.45) is 2.99. The van der Waals surface area contributed by atoms with Gasteiger partial charge in [0.2, 0.25) is 21.8 Å². The number of sulfonamides is 1. The highest BCUT2D eigenvalue weighted by Gasteiger charge is 2.33. The van der Waals surface area contributed by atoms with E-state index in [0.717, 1.165) is 39.0 Å². The maximum Gasteiger partial charge on any atom is 0.244 e. The summed E-state index contributed by atoms with van der Waals surface area (Å²) in [4.78, 5) is 29.3. The van der Waals surface area contributed by atoms with Crippen LogP contribution in [0.3, 0.4) is 0 Å². The van der Waals surface area contributed by atoms with E-state index in [9.17, 15) is 18.0 Å². The van der Waals surface area contributed by atoms with Crippen LogP contribution in [-0.4, -0.2) is 64.7 Å². The van der Waals surface area contributed by atoms with E-state index in [0.29, 0.717) is 18.0 Å². The lowest BCUT2D eigenvalue weighted by Crippen LogP contribution is -2.53. The number of benzene rings is 3. The Morgan fingerprint density at radius 3 is 2.24 bits per heavy atom. The molecule has 0 aliphatic heterocycles. The number of amides is 2. The number of hydrogen-bond donors (Lipinski definition) is 1. The molecule has 3 aromatic carbocycles. The summed E-state index contributed by atoms with van der Waals surface area (Å²) in [6.45, 7) is 2.08. The van der Waals surface area contributed by atoms with Gasteiger partial charge in [0.15, 0.2) is 11.5 Å². The van der Waals surface area contributed by atoms with Crippen molar-refractivity contribution >= 4 is 43.5 Å². The molecule has 1 N–H and O–H groups in total. The summed E-state index contributed by atoms with van der Waals surface area (Å²) in [5.41, 5.74) is 1.90. The molecule has 3 aromatic rings. The number of ether oxygens (including phenoxy) is 2. The Kier molecular flexibility index (Phi) is 12.2. The first-order valence-corrected chi connectivity index (χ1v) is 16.3. The van der Waals surface area contributed by atoms with Gasteiger partial charge in [-0.05, 0) is 41.8 Å². The van der Waals surface area contributed by atoms with Crippen LogP contribution in [0, 0.1) is 0 Å². The Hall–Kier alpha value is -3.57. The Labute approximate surface area is 257 Å². The summed E-state index contributed by atoms with van der Waals surface area (Å²) in [6, 6.07) is 20.7. The number of hydrogen-bond acceptors (Lipinski definition) is 6. The van der Waals surface area contributed by atoms with Gasteiger partial charge in [-0.2, -0.15) is 0 Å². The van der Waals surface area contributed by atoms with Gasteiger partial charge >= 0.3 is 0 Å². The minimum Gasteiger partial charge on any atom is -0.493 e. The molecular weight excluding hydrogens is 622 g/mol. The van der Waals surface area contributed by atoms with E-state index in [1.165, 1.54) is 25.2 Å². The largest absolute Gasteiger partial charge is 0.493 e. The second-order valence-corrected chi connectivity index (χ2v) is 12.6. The highest BCUT2D eigenvalue weighted by Crippen LogP contribution is 2.32. The monoisotopic (exact) mass is 659 g/mol. The molecule has 0 spiro atoms. The number of methoxy groups -OCH3 is 2. The number of nitrogens with one attached hydrogen (secondary N) is 1. The fourth-order valence-electron chi connectivity index (χ4n) is 4.49. The van der Waals surface area contributed by atoms with Crippen LogP contribution in [0.1, 0.15) is 30.9 Å². The quantitative estimate of drug-likeness (QED) is 0.235. The molecule has 0 bridgehead atoms. The van der Waals surface area contributed by atoms with Crippen LogP contribution < -0.4 is 19.1 Å². The van der Waals surface area contributed by atoms with Gasteiger partial charge in [-0.3, -0.25) is 13.9 Å². The lowest BCUT2D eigenvalue weighted by atomic mass is 10.0. The van der Waals surface area contributed by atoms with Gasteiger partial charge in [-0.25, -0.2) is 8.42 Å². The Morgan fingerprint density at radius 1 is 0.929 bits per heavy atom.